The van der Waals surface area contributed by atoms with Crippen molar-refractivity contribution in [1.82, 2.24) is 20.2 Å². The van der Waals surface area contributed by atoms with E-state index >= 15 is 0 Å². The van der Waals surface area contributed by atoms with Gasteiger partial charge in [0.1, 0.15) is 5.82 Å². The van der Waals surface area contributed by atoms with E-state index in [-0.39, 0.29) is 0 Å². The molecular weight excluding hydrogens is 176 g/mol. The van der Waals surface area contributed by atoms with Crippen LogP contribution in [0.1, 0.15) is 12.7 Å². The molecule has 1 rings (SSSR count). The van der Waals surface area contributed by atoms with Crippen LogP contribution in [0.25, 0.3) is 0 Å². The summed E-state index contributed by atoms with van der Waals surface area (Å²) in [5.74, 6) is 0.853. The average Bonchev–Trinajstić information content (AvgIpc) is 2.25. The van der Waals surface area contributed by atoms with Gasteiger partial charge in [-0.3, -0.25) is 0 Å². The lowest BCUT2D eigenvalue weighted by Crippen LogP contribution is -2.29. The Morgan fingerprint density at radius 2 is 2.07 bits per heavy atom. The van der Waals surface area contributed by atoms with Crippen molar-refractivity contribution in [1.29, 1.82) is 0 Å². The third kappa shape index (κ3) is 4.30. The van der Waals surface area contributed by atoms with Crippen LogP contribution in [0.15, 0.2) is 18.5 Å². The molecular formula is C10H18N4. The number of hydrogen-bond donors (Lipinski definition) is 1. The minimum absolute atomic E-state index is 0.748. The van der Waals surface area contributed by atoms with Crippen molar-refractivity contribution in [2.45, 2.75) is 13.5 Å². The fourth-order valence-corrected chi connectivity index (χ4v) is 1.05. The van der Waals surface area contributed by atoms with Crippen molar-refractivity contribution in [3.8, 4) is 0 Å². The highest BCUT2D eigenvalue weighted by Gasteiger charge is 1.95. The van der Waals surface area contributed by atoms with Crippen LogP contribution < -0.4 is 5.32 Å². The second-order valence-electron chi connectivity index (χ2n) is 3.24. The van der Waals surface area contributed by atoms with Crippen molar-refractivity contribution in [3.05, 3.63) is 24.3 Å². The largest absolute Gasteiger partial charge is 0.309 e. The smallest absolute Gasteiger partial charge is 0.141 e. The molecule has 0 aromatic carbocycles. The third-order valence-electron chi connectivity index (χ3n) is 2.11. The van der Waals surface area contributed by atoms with Gasteiger partial charge in [0, 0.05) is 25.5 Å². The Morgan fingerprint density at radius 1 is 1.36 bits per heavy atom. The van der Waals surface area contributed by atoms with Gasteiger partial charge in [-0.05, 0) is 19.7 Å². The molecule has 0 spiro atoms. The molecule has 0 saturated heterocycles. The van der Waals surface area contributed by atoms with Crippen molar-refractivity contribution >= 4 is 0 Å². The molecule has 1 heterocycles. The molecule has 0 radical (unpaired) electrons. The summed E-state index contributed by atoms with van der Waals surface area (Å²) in [7, 11) is 2.11. The van der Waals surface area contributed by atoms with E-state index in [4.69, 9.17) is 0 Å². The number of nitrogens with one attached hydrogen (secondary N) is 1. The van der Waals surface area contributed by atoms with Crippen molar-refractivity contribution < 1.29 is 0 Å². The fourth-order valence-electron chi connectivity index (χ4n) is 1.05. The van der Waals surface area contributed by atoms with Gasteiger partial charge in [0.2, 0.25) is 0 Å². The van der Waals surface area contributed by atoms with Gasteiger partial charge in [-0.25, -0.2) is 9.97 Å². The first-order valence-corrected chi connectivity index (χ1v) is 4.98. The van der Waals surface area contributed by atoms with E-state index in [1.165, 1.54) is 0 Å². The molecule has 0 unspecified atom stereocenters. The SMILES string of the molecule is CCN(C)CCNCc1ncccn1. The first-order chi connectivity index (χ1) is 6.83. The van der Waals surface area contributed by atoms with Crippen LogP contribution in [0.2, 0.25) is 0 Å². The Bertz CT molecular complexity index is 237. The molecule has 0 bridgehead atoms. The summed E-state index contributed by atoms with van der Waals surface area (Å²) in [4.78, 5) is 10.5. The molecule has 4 heteroatoms. The fraction of sp³-hybridized carbons (Fsp3) is 0.600. The molecule has 0 aliphatic carbocycles. The number of nitrogens with zero attached hydrogens (tertiary/aromatic N) is 3. The maximum Gasteiger partial charge on any atom is 0.141 e. The summed E-state index contributed by atoms with van der Waals surface area (Å²) in [6.07, 6.45) is 3.53. The van der Waals surface area contributed by atoms with Crippen LogP contribution in [0.5, 0.6) is 0 Å². The van der Waals surface area contributed by atoms with Crippen LogP contribution in [-0.2, 0) is 6.54 Å². The van der Waals surface area contributed by atoms with Gasteiger partial charge in [0.25, 0.3) is 0 Å². The summed E-state index contributed by atoms with van der Waals surface area (Å²) >= 11 is 0. The van der Waals surface area contributed by atoms with Crippen molar-refractivity contribution in [2.75, 3.05) is 26.7 Å². The van der Waals surface area contributed by atoms with Crippen LogP contribution in [-0.4, -0.2) is 41.5 Å². The summed E-state index contributed by atoms with van der Waals surface area (Å²) < 4.78 is 0. The zero-order valence-electron chi connectivity index (χ0n) is 8.90. The van der Waals surface area contributed by atoms with Crippen molar-refractivity contribution in [2.24, 2.45) is 0 Å². The Labute approximate surface area is 85.4 Å². The molecule has 78 valence electrons. The lowest BCUT2D eigenvalue weighted by Gasteiger charge is -2.13. The monoisotopic (exact) mass is 194 g/mol. The lowest BCUT2D eigenvalue weighted by molar-refractivity contribution is 0.348. The van der Waals surface area contributed by atoms with E-state index < -0.39 is 0 Å². The van der Waals surface area contributed by atoms with Crippen LogP contribution >= 0.6 is 0 Å². The van der Waals surface area contributed by atoms with Crippen LogP contribution in [0, 0.1) is 0 Å². The highest BCUT2D eigenvalue weighted by molar-refractivity contribution is 4.87. The molecule has 0 amide bonds. The standard InChI is InChI=1S/C10H18N4/c1-3-14(2)8-7-11-9-10-12-5-4-6-13-10/h4-6,11H,3,7-9H2,1-2H3. The number of rotatable bonds is 6. The minimum atomic E-state index is 0.748. The Kier molecular flexibility index (Phi) is 5.11. The molecule has 4 nitrogen and oxygen atoms in total. The van der Waals surface area contributed by atoms with Gasteiger partial charge in [-0.15, -0.1) is 0 Å². The highest BCUT2D eigenvalue weighted by Crippen LogP contribution is 1.86. The number of hydrogen-bond acceptors (Lipinski definition) is 4. The van der Waals surface area contributed by atoms with E-state index in [9.17, 15) is 0 Å². The summed E-state index contributed by atoms with van der Waals surface area (Å²) in [6.45, 7) is 6.02. The summed E-state index contributed by atoms with van der Waals surface area (Å²) in [5.41, 5.74) is 0. The Hall–Kier alpha value is -1.00. The lowest BCUT2D eigenvalue weighted by atomic mass is 10.5. The van der Waals surface area contributed by atoms with Gasteiger partial charge in [0.05, 0.1) is 6.54 Å². The predicted molar refractivity (Wildman–Crippen MR) is 56.9 cm³/mol. The minimum Gasteiger partial charge on any atom is -0.309 e. The first-order valence-electron chi connectivity index (χ1n) is 4.98. The van der Waals surface area contributed by atoms with Gasteiger partial charge in [-0.1, -0.05) is 6.92 Å². The molecule has 1 aromatic rings. The van der Waals surface area contributed by atoms with Gasteiger partial charge < -0.3 is 10.2 Å². The first kappa shape index (κ1) is 11.1. The third-order valence-corrected chi connectivity index (χ3v) is 2.11. The van der Waals surface area contributed by atoms with Gasteiger partial charge in [-0.2, -0.15) is 0 Å². The molecule has 0 aliphatic rings. The van der Waals surface area contributed by atoms with Crippen LogP contribution in [0.4, 0.5) is 0 Å². The molecule has 0 atom stereocenters. The molecule has 1 aromatic heterocycles. The predicted octanol–water partition coefficient (Wildman–Crippen LogP) is 0.518. The van der Waals surface area contributed by atoms with Gasteiger partial charge in [0.15, 0.2) is 0 Å². The Morgan fingerprint density at radius 3 is 2.71 bits per heavy atom. The van der Waals surface area contributed by atoms with E-state index in [1.54, 1.807) is 12.4 Å². The van der Waals surface area contributed by atoms with Crippen LogP contribution in [0.3, 0.4) is 0 Å². The second-order valence-corrected chi connectivity index (χ2v) is 3.24. The topological polar surface area (TPSA) is 41.0 Å². The maximum absolute atomic E-state index is 4.13. The molecule has 0 aliphatic heterocycles. The molecule has 0 fully saturated rings. The van der Waals surface area contributed by atoms with Crippen molar-refractivity contribution in [3.63, 3.8) is 0 Å². The average molecular weight is 194 g/mol. The van der Waals surface area contributed by atoms with E-state index in [1.807, 2.05) is 6.07 Å². The van der Waals surface area contributed by atoms with E-state index in [2.05, 4.69) is 34.2 Å². The van der Waals surface area contributed by atoms with Gasteiger partial charge >= 0.3 is 0 Å². The quantitative estimate of drug-likeness (QED) is 0.670. The number of aromatic nitrogens is 2. The molecule has 1 N–H and O–H groups in total. The Balaban J connectivity index is 2.10. The summed E-state index contributed by atoms with van der Waals surface area (Å²) in [5, 5.41) is 3.30. The maximum atomic E-state index is 4.13. The second kappa shape index (κ2) is 6.45. The normalized spacial score (nSPS) is 10.8. The highest BCUT2D eigenvalue weighted by atomic mass is 15.1. The zero-order valence-corrected chi connectivity index (χ0v) is 8.90. The zero-order chi connectivity index (χ0) is 10.2. The van der Waals surface area contributed by atoms with E-state index in [0.29, 0.717) is 0 Å². The molecule has 14 heavy (non-hydrogen) atoms. The number of likely N-dealkylation sites (N-methyl/N-ethyl adjacent to an activating group) is 1. The van der Waals surface area contributed by atoms with E-state index in [0.717, 1.165) is 32.0 Å². The molecule has 0 saturated carbocycles. The summed E-state index contributed by atoms with van der Waals surface area (Å²) in [6, 6.07) is 1.83.